The summed E-state index contributed by atoms with van der Waals surface area (Å²) in [5.41, 5.74) is 0.960. The zero-order valence-electron chi connectivity index (χ0n) is 11.1. The van der Waals surface area contributed by atoms with E-state index in [-0.39, 0.29) is 0 Å². The van der Waals surface area contributed by atoms with Crippen LogP contribution >= 0.6 is 0 Å². The SMILES string of the molecule is C#CCCCC#Cc1c(OC)ccc2ccccc12. The molecule has 0 spiro atoms. The van der Waals surface area contributed by atoms with E-state index in [0.29, 0.717) is 0 Å². The molecule has 0 amide bonds. The summed E-state index contributed by atoms with van der Waals surface area (Å²) in [6.45, 7) is 0. The largest absolute Gasteiger partial charge is 0.495 e. The van der Waals surface area contributed by atoms with Gasteiger partial charge in [-0.25, -0.2) is 0 Å². The number of hydrogen-bond acceptors (Lipinski definition) is 1. The fourth-order valence-electron chi connectivity index (χ4n) is 1.98. The molecule has 0 aliphatic carbocycles. The van der Waals surface area contributed by atoms with Crippen molar-refractivity contribution in [3.63, 3.8) is 0 Å². The zero-order valence-corrected chi connectivity index (χ0v) is 11.1. The molecule has 0 aliphatic heterocycles. The van der Waals surface area contributed by atoms with Crippen molar-refractivity contribution in [2.75, 3.05) is 7.11 Å². The molecule has 0 atom stereocenters. The standard InChI is InChI=1S/C18H16O/c1-3-4-5-6-7-12-17-16-11-9-8-10-15(16)13-14-18(17)19-2/h1,8-11,13-14H,4-6H2,2H3. The second-order valence-electron chi connectivity index (χ2n) is 4.22. The van der Waals surface area contributed by atoms with Crippen LogP contribution in [-0.2, 0) is 0 Å². The molecular weight excluding hydrogens is 232 g/mol. The number of ether oxygens (including phenoxy) is 1. The quantitative estimate of drug-likeness (QED) is 0.589. The topological polar surface area (TPSA) is 9.23 Å². The molecule has 0 unspecified atom stereocenters. The van der Waals surface area contributed by atoms with Gasteiger partial charge >= 0.3 is 0 Å². The normalized spacial score (nSPS) is 9.47. The molecule has 0 aliphatic rings. The van der Waals surface area contributed by atoms with Crippen LogP contribution in [0.4, 0.5) is 0 Å². The second kappa shape index (κ2) is 6.53. The maximum absolute atomic E-state index is 5.40. The van der Waals surface area contributed by atoms with Crippen molar-refractivity contribution in [1.29, 1.82) is 0 Å². The Morgan fingerprint density at radius 3 is 2.74 bits per heavy atom. The van der Waals surface area contributed by atoms with Gasteiger partial charge in [0.15, 0.2) is 0 Å². The third-order valence-electron chi connectivity index (χ3n) is 2.95. The van der Waals surface area contributed by atoms with Crippen LogP contribution in [0.2, 0.25) is 0 Å². The van der Waals surface area contributed by atoms with E-state index >= 15 is 0 Å². The van der Waals surface area contributed by atoms with E-state index in [4.69, 9.17) is 11.2 Å². The Kier molecular flexibility index (Phi) is 4.49. The summed E-state index contributed by atoms with van der Waals surface area (Å²) < 4.78 is 5.40. The van der Waals surface area contributed by atoms with Crippen molar-refractivity contribution in [2.45, 2.75) is 19.3 Å². The molecule has 2 rings (SSSR count). The molecular formula is C18H16O. The Hall–Kier alpha value is -2.38. The summed E-state index contributed by atoms with van der Waals surface area (Å²) in [6.07, 6.45) is 7.76. The molecule has 0 saturated heterocycles. The molecule has 0 saturated carbocycles. The Bertz CT molecular complexity index is 665. The first-order valence-electron chi connectivity index (χ1n) is 6.35. The molecule has 0 aromatic heterocycles. The molecule has 0 heterocycles. The minimum Gasteiger partial charge on any atom is -0.495 e. The van der Waals surface area contributed by atoms with Gasteiger partial charge in [-0.3, -0.25) is 0 Å². The smallest absolute Gasteiger partial charge is 0.135 e. The van der Waals surface area contributed by atoms with Crippen LogP contribution in [0.25, 0.3) is 10.8 Å². The van der Waals surface area contributed by atoms with Crippen molar-refractivity contribution in [1.82, 2.24) is 0 Å². The van der Waals surface area contributed by atoms with Crippen LogP contribution in [0.5, 0.6) is 5.75 Å². The third-order valence-corrected chi connectivity index (χ3v) is 2.95. The monoisotopic (exact) mass is 248 g/mol. The molecule has 2 aromatic rings. The van der Waals surface area contributed by atoms with Gasteiger partial charge < -0.3 is 4.74 Å². The van der Waals surface area contributed by atoms with E-state index in [1.54, 1.807) is 7.11 Å². The first-order valence-corrected chi connectivity index (χ1v) is 6.35. The van der Waals surface area contributed by atoms with Crippen LogP contribution < -0.4 is 4.74 Å². The predicted molar refractivity (Wildman–Crippen MR) is 80.1 cm³/mol. The van der Waals surface area contributed by atoms with Crippen LogP contribution in [0.15, 0.2) is 36.4 Å². The lowest BCUT2D eigenvalue weighted by Gasteiger charge is -2.06. The van der Waals surface area contributed by atoms with Gasteiger partial charge in [-0.1, -0.05) is 42.2 Å². The van der Waals surface area contributed by atoms with Crippen LogP contribution in [-0.4, -0.2) is 7.11 Å². The fraction of sp³-hybridized carbons (Fsp3) is 0.222. The summed E-state index contributed by atoms with van der Waals surface area (Å²) >= 11 is 0. The highest BCUT2D eigenvalue weighted by molar-refractivity contribution is 5.90. The summed E-state index contributed by atoms with van der Waals surface area (Å²) in [6, 6.07) is 12.2. The molecule has 0 bridgehead atoms. The van der Waals surface area contributed by atoms with Crippen LogP contribution in [0.1, 0.15) is 24.8 Å². The highest BCUT2D eigenvalue weighted by Crippen LogP contribution is 2.26. The van der Waals surface area contributed by atoms with Crippen LogP contribution in [0, 0.1) is 24.2 Å². The van der Waals surface area contributed by atoms with Gasteiger partial charge in [0.05, 0.1) is 12.7 Å². The molecule has 0 fully saturated rings. The molecule has 94 valence electrons. The second-order valence-corrected chi connectivity index (χ2v) is 4.22. The lowest BCUT2D eigenvalue weighted by atomic mass is 10.0. The van der Waals surface area contributed by atoms with Gasteiger partial charge in [-0.2, -0.15) is 0 Å². The van der Waals surface area contributed by atoms with E-state index in [0.717, 1.165) is 36.0 Å². The Morgan fingerprint density at radius 1 is 1.11 bits per heavy atom. The lowest BCUT2D eigenvalue weighted by molar-refractivity contribution is 0.414. The van der Waals surface area contributed by atoms with Gasteiger partial charge in [0.25, 0.3) is 0 Å². The average molecular weight is 248 g/mol. The third kappa shape index (κ3) is 3.09. The maximum atomic E-state index is 5.40. The Labute approximate surface area is 114 Å². The number of hydrogen-bond donors (Lipinski definition) is 0. The number of fused-ring (bicyclic) bond motifs is 1. The number of terminal acetylenes is 1. The molecule has 1 heteroatoms. The number of rotatable bonds is 3. The summed E-state index contributed by atoms with van der Waals surface area (Å²) in [7, 11) is 1.67. The van der Waals surface area contributed by atoms with E-state index in [1.807, 2.05) is 18.2 Å². The molecule has 19 heavy (non-hydrogen) atoms. The van der Waals surface area contributed by atoms with Crippen molar-refractivity contribution in [3.05, 3.63) is 42.0 Å². The first-order chi connectivity index (χ1) is 9.36. The van der Waals surface area contributed by atoms with Crippen molar-refractivity contribution >= 4 is 10.8 Å². The van der Waals surface area contributed by atoms with Gasteiger partial charge in [-0.05, 0) is 17.9 Å². The Morgan fingerprint density at radius 2 is 1.95 bits per heavy atom. The van der Waals surface area contributed by atoms with E-state index < -0.39 is 0 Å². The van der Waals surface area contributed by atoms with Crippen molar-refractivity contribution < 1.29 is 4.74 Å². The summed E-state index contributed by atoms with van der Waals surface area (Å²) in [5, 5.41) is 2.31. The maximum Gasteiger partial charge on any atom is 0.135 e. The van der Waals surface area contributed by atoms with Gasteiger partial charge in [-0.15, -0.1) is 12.3 Å². The van der Waals surface area contributed by atoms with Gasteiger partial charge in [0.1, 0.15) is 5.75 Å². The van der Waals surface area contributed by atoms with Crippen molar-refractivity contribution in [2.24, 2.45) is 0 Å². The lowest BCUT2D eigenvalue weighted by Crippen LogP contribution is -1.89. The zero-order chi connectivity index (χ0) is 13.5. The predicted octanol–water partition coefficient (Wildman–Crippen LogP) is 4.00. The average Bonchev–Trinajstić information content (AvgIpc) is 2.47. The molecule has 0 radical (unpaired) electrons. The van der Waals surface area contributed by atoms with Crippen LogP contribution in [0.3, 0.4) is 0 Å². The number of unbranched alkanes of at least 4 members (excludes halogenated alkanes) is 2. The first kappa shape index (κ1) is 13.1. The number of methoxy groups -OCH3 is 1. The highest BCUT2D eigenvalue weighted by Gasteiger charge is 2.04. The Balaban J connectivity index is 2.36. The summed E-state index contributed by atoms with van der Waals surface area (Å²) in [5.74, 6) is 9.85. The molecule has 2 aromatic carbocycles. The minimum atomic E-state index is 0.779. The van der Waals surface area contributed by atoms with E-state index in [1.165, 1.54) is 5.39 Å². The fourth-order valence-corrected chi connectivity index (χ4v) is 1.98. The minimum absolute atomic E-state index is 0.779. The highest BCUT2D eigenvalue weighted by atomic mass is 16.5. The van der Waals surface area contributed by atoms with Gasteiger partial charge in [0, 0.05) is 18.2 Å². The molecule has 1 nitrogen and oxygen atoms in total. The number of benzene rings is 2. The van der Waals surface area contributed by atoms with Crippen molar-refractivity contribution in [3.8, 4) is 29.9 Å². The van der Waals surface area contributed by atoms with E-state index in [9.17, 15) is 0 Å². The summed E-state index contributed by atoms with van der Waals surface area (Å²) in [4.78, 5) is 0. The van der Waals surface area contributed by atoms with Gasteiger partial charge in [0.2, 0.25) is 0 Å². The molecule has 0 N–H and O–H groups in total. The van der Waals surface area contributed by atoms with E-state index in [2.05, 4.69) is 36.0 Å².